The predicted molar refractivity (Wildman–Crippen MR) is 191 cm³/mol. The third-order valence-electron chi connectivity index (χ3n) is 9.71. The summed E-state index contributed by atoms with van der Waals surface area (Å²) in [7, 11) is 1.38. The summed E-state index contributed by atoms with van der Waals surface area (Å²) >= 11 is 0. The maximum absolute atomic E-state index is 15.3. The van der Waals surface area contributed by atoms with E-state index in [0.29, 0.717) is 42.9 Å². The van der Waals surface area contributed by atoms with Crippen LogP contribution in [0.5, 0.6) is 5.75 Å². The van der Waals surface area contributed by atoms with Crippen LogP contribution in [0.1, 0.15) is 76.7 Å². The molecule has 0 spiro atoms. The first kappa shape index (κ1) is 35.5. The Morgan fingerprint density at radius 1 is 1.06 bits per heavy atom. The van der Waals surface area contributed by atoms with E-state index in [1.807, 2.05) is 88.6 Å². The number of methoxy groups -OCH3 is 1. The fourth-order valence-corrected chi connectivity index (χ4v) is 6.87. The molecule has 7 rings (SSSR count). The molecular weight excluding hydrogens is 640 g/mol. The third-order valence-corrected chi connectivity index (χ3v) is 9.71. The number of esters is 1. The van der Waals surface area contributed by atoms with E-state index in [9.17, 15) is 9.18 Å². The van der Waals surface area contributed by atoms with Gasteiger partial charge >= 0.3 is 5.97 Å². The topological polar surface area (TPSA) is 74.5 Å². The molecule has 5 heterocycles. The van der Waals surface area contributed by atoms with Gasteiger partial charge in [-0.05, 0) is 90.1 Å². The van der Waals surface area contributed by atoms with Gasteiger partial charge in [-0.15, -0.1) is 0 Å². The van der Waals surface area contributed by atoms with Crippen molar-refractivity contribution in [1.82, 2.24) is 9.38 Å². The molecule has 8 nitrogen and oxygen atoms in total. The Morgan fingerprint density at radius 2 is 1.78 bits per heavy atom. The number of benzene rings is 2. The van der Waals surface area contributed by atoms with Crippen LogP contribution < -0.4 is 9.64 Å². The molecule has 10 heteroatoms. The molecular formula is C40H47F2N3O5. The predicted octanol–water partition coefficient (Wildman–Crippen LogP) is 8.70. The lowest BCUT2D eigenvalue weighted by Gasteiger charge is -2.42. The molecule has 0 N–H and O–H groups in total. The quantitative estimate of drug-likeness (QED) is 0.158. The highest BCUT2D eigenvalue weighted by molar-refractivity contribution is 5.82. The molecule has 0 aliphatic carbocycles. The van der Waals surface area contributed by atoms with Crippen molar-refractivity contribution < 1.29 is 32.5 Å². The Labute approximate surface area is 293 Å². The van der Waals surface area contributed by atoms with Gasteiger partial charge in [0.25, 0.3) is 0 Å². The van der Waals surface area contributed by atoms with Crippen LogP contribution in [-0.4, -0.2) is 59.5 Å². The van der Waals surface area contributed by atoms with Crippen LogP contribution in [0.2, 0.25) is 0 Å². The average Bonchev–Trinajstić information content (AvgIpc) is 3.51. The molecule has 266 valence electrons. The van der Waals surface area contributed by atoms with E-state index in [-0.39, 0.29) is 17.5 Å². The Balaban J connectivity index is 1.60. The van der Waals surface area contributed by atoms with Gasteiger partial charge in [-0.2, -0.15) is 0 Å². The number of hydrogen-bond acceptors (Lipinski definition) is 7. The van der Waals surface area contributed by atoms with Gasteiger partial charge in [0.1, 0.15) is 17.3 Å². The van der Waals surface area contributed by atoms with Crippen LogP contribution in [0.25, 0.3) is 28.0 Å². The fourth-order valence-electron chi connectivity index (χ4n) is 6.87. The molecule has 2 aromatic heterocycles. The van der Waals surface area contributed by atoms with Crippen LogP contribution in [0.3, 0.4) is 0 Å². The summed E-state index contributed by atoms with van der Waals surface area (Å²) in [6.45, 7) is 15.5. The van der Waals surface area contributed by atoms with Crippen LogP contribution >= 0.6 is 0 Å². The number of fused-ring (bicyclic) bond motifs is 7. The Hall–Kier alpha value is -4.28. The fraction of sp³-hybridized carbons (Fsp3) is 0.450. The van der Waals surface area contributed by atoms with Gasteiger partial charge in [0.2, 0.25) is 0 Å². The van der Waals surface area contributed by atoms with Crippen LogP contribution in [0.4, 0.5) is 14.6 Å². The van der Waals surface area contributed by atoms with E-state index in [1.54, 1.807) is 0 Å². The number of piperidine rings is 1. The Bertz CT molecular complexity index is 1940. The summed E-state index contributed by atoms with van der Waals surface area (Å²) in [6, 6.07) is 9.60. The Kier molecular flexibility index (Phi) is 9.81. The first-order valence-electron chi connectivity index (χ1n) is 17.3. The molecule has 0 saturated carbocycles. The van der Waals surface area contributed by atoms with Gasteiger partial charge in [-0.25, -0.2) is 18.6 Å². The minimum atomic E-state index is -0.990. The zero-order chi connectivity index (χ0) is 36.0. The lowest BCUT2D eigenvalue weighted by Crippen LogP contribution is -2.45. The molecule has 3 aliphatic heterocycles. The summed E-state index contributed by atoms with van der Waals surface area (Å²) in [4.78, 5) is 20.9. The molecule has 4 aromatic rings. The highest BCUT2D eigenvalue weighted by Crippen LogP contribution is 2.42. The number of nitrogens with zero attached hydrogens (tertiary/aromatic N) is 3. The van der Waals surface area contributed by atoms with E-state index >= 15 is 4.39 Å². The molecule has 1 saturated heterocycles. The lowest BCUT2D eigenvalue weighted by molar-refractivity contribution is -0.164. The molecule has 2 atom stereocenters. The second-order valence-corrected chi connectivity index (χ2v) is 14.7. The minimum Gasteiger partial charge on any atom is -0.487 e. The standard InChI is InChI=1S/C40H47F2N3O5/c1-24-12-9-10-19-48-40(7)15-17-44(18-16-40)37-33(35(38(46)47-8)50-39(4,5)6)25(2)26(3)36-43-32(23-45(36)37)28-14-11-13-27(20-28)30-21-29(41)22-31(42)34(30)49-24/h9-11,13-14,20-24,35H,12,15-19H2,1-8H3/b10-9-/t24-,35-/m0/s1. The number of carbonyl (C=O) groups is 1. The first-order valence-corrected chi connectivity index (χ1v) is 17.3. The van der Waals surface area contributed by atoms with Gasteiger partial charge in [0, 0.05) is 48.5 Å². The maximum Gasteiger partial charge on any atom is 0.339 e. The smallest absolute Gasteiger partial charge is 0.339 e. The number of hydrogen-bond donors (Lipinski definition) is 0. The number of pyridine rings is 1. The van der Waals surface area contributed by atoms with Crippen molar-refractivity contribution in [2.24, 2.45) is 0 Å². The van der Waals surface area contributed by atoms with Crippen LogP contribution in [0.15, 0.2) is 54.7 Å². The summed E-state index contributed by atoms with van der Waals surface area (Å²) in [5.74, 6) is -1.14. The maximum atomic E-state index is 15.3. The number of rotatable bonds is 3. The molecule has 6 bridgehead atoms. The zero-order valence-electron chi connectivity index (χ0n) is 30.2. The van der Waals surface area contributed by atoms with Crippen molar-refractivity contribution in [1.29, 1.82) is 0 Å². The van der Waals surface area contributed by atoms with Crippen LogP contribution in [-0.2, 0) is 19.0 Å². The van der Waals surface area contributed by atoms with Gasteiger partial charge in [0.05, 0.1) is 36.7 Å². The van der Waals surface area contributed by atoms with E-state index in [2.05, 4.69) is 11.8 Å². The lowest BCUT2D eigenvalue weighted by atomic mass is 9.92. The van der Waals surface area contributed by atoms with E-state index in [1.165, 1.54) is 13.2 Å². The third kappa shape index (κ3) is 7.14. The highest BCUT2D eigenvalue weighted by Gasteiger charge is 2.38. The van der Waals surface area contributed by atoms with Gasteiger partial charge < -0.3 is 23.8 Å². The number of halogens is 2. The second kappa shape index (κ2) is 13.8. The second-order valence-electron chi connectivity index (χ2n) is 14.7. The number of imidazole rings is 1. The van der Waals surface area contributed by atoms with E-state index in [0.717, 1.165) is 52.6 Å². The molecule has 2 aromatic carbocycles. The summed E-state index contributed by atoms with van der Waals surface area (Å²) < 4.78 is 56.4. The summed E-state index contributed by atoms with van der Waals surface area (Å²) in [5.41, 5.74) is 4.56. The van der Waals surface area contributed by atoms with Crippen molar-refractivity contribution in [3.63, 3.8) is 0 Å². The van der Waals surface area contributed by atoms with Gasteiger partial charge in [-0.3, -0.25) is 4.40 Å². The first-order chi connectivity index (χ1) is 23.7. The van der Waals surface area contributed by atoms with Crippen LogP contribution in [0, 0.1) is 25.5 Å². The largest absolute Gasteiger partial charge is 0.487 e. The molecule has 50 heavy (non-hydrogen) atoms. The van der Waals surface area contributed by atoms with Crippen molar-refractivity contribution in [2.75, 3.05) is 31.7 Å². The number of aryl methyl sites for hydroxylation is 1. The number of anilines is 1. The van der Waals surface area contributed by atoms with Gasteiger partial charge in [0.15, 0.2) is 17.7 Å². The van der Waals surface area contributed by atoms with E-state index in [4.69, 9.17) is 23.9 Å². The van der Waals surface area contributed by atoms with Crippen molar-refractivity contribution >= 4 is 17.4 Å². The van der Waals surface area contributed by atoms with Crippen molar-refractivity contribution in [2.45, 2.75) is 91.1 Å². The number of carbonyl (C=O) groups excluding carboxylic acids is 1. The van der Waals surface area contributed by atoms with E-state index < -0.39 is 29.3 Å². The molecule has 3 aliphatic rings. The number of ether oxygens (including phenoxy) is 4. The average molecular weight is 688 g/mol. The molecule has 0 amide bonds. The highest BCUT2D eigenvalue weighted by atomic mass is 19.1. The molecule has 1 fully saturated rings. The summed E-state index contributed by atoms with van der Waals surface area (Å²) in [5, 5.41) is 0. The molecule has 0 unspecified atom stereocenters. The Morgan fingerprint density at radius 3 is 2.48 bits per heavy atom. The minimum absolute atomic E-state index is 0.00572. The van der Waals surface area contributed by atoms with Crippen molar-refractivity contribution in [3.05, 3.63) is 83.1 Å². The zero-order valence-corrected chi connectivity index (χ0v) is 30.2. The number of aromatic nitrogens is 2. The monoisotopic (exact) mass is 687 g/mol. The normalized spacial score (nSPS) is 21.1. The molecule has 0 radical (unpaired) electrons. The SMILES string of the molecule is COC(=O)[C@@H](OC(C)(C)C)c1c(C)c(C)c2nc3cn2c1N1CCC(C)(CC1)OC/C=C\C[C@H](C)Oc1c(F)cc(F)cc1-c1cccc-3c1. The van der Waals surface area contributed by atoms with Gasteiger partial charge in [-0.1, -0.05) is 30.4 Å². The summed E-state index contributed by atoms with van der Waals surface area (Å²) in [6.07, 6.45) is 6.57. The van der Waals surface area contributed by atoms with Crippen molar-refractivity contribution in [3.8, 4) is 28.1 Å².